The Morgan fingerprint density at radius 2 is 1.74 bits per heavy atom. The van der Waals surface area contributed by atoms with Crippen LogP contribution in [0, 0.1) is 0 Å². The van der Waals surface area contributed by atoms with E-state index in [1.807, 2.05) is 0 Å². The van der Waals surface area contributed by atoms with E-state index in [0.717, 1.165) is 29.5 Å². The summed E-state index contributed by atoms with van der Waals surface area (Å²) in [5, 5.41) is 7.37. The summed E-state index contributed by atoms with van der Waals surface area (Å²) in [6.45, 7) is 0. The number of amides is 1. The average molecular weight is 457 g/mol. The second kappa shape index (κ2) is 7.34. The third-order valence-corrected chi connectivity index (χ3v) is 4.92. The lowest BCUT2D eigenvalue weighted by molar-refractivity contribution is -0.142. The molecule has 1 N–H and O–H groups in total. The van der Waals surface area contributed by atoms with Crippen LogP contribution in [0.3, 0.4) is 0 Å². The van der Waals surface area contributed by atoms with E-state index < -0.39 is 41.1 Å². The average Bonchev–Trinajstić information content (AvgIpc) is 3.35. The molecule has 0 bridgehead atoms. The second-order valence-corrected chi connectivity index (χ2v) is 7.13. The normalized spacial score (nSPS) is 12.3. The Morgan fingerprint density at radius 3 is 2.39 bits per heavy atom. The Bertz CT molecular complexity index is 1260. The number of halogens is 6. The molecule has 13 heteroatoms. The first-order chi connectivity index (χ1) is 14.5. The molecule has 3 aromatic heterocycles. The van der Waals surface area contributed by atoms with E-state index in [-0.39, 0.29) is 11.4 Å². The maximum Gasteiger partial charge on any atom is 0.433 e. The molecule has 4 aromatic rings. The molecular weight excluding hydrogens is 448 g/mol. The van der Waals surface area contributed by atoms with E-state index in [4.69, 9.17) is 0 Å². The van der Waals surface area contributed by atoms with E-state index in [9.17, 15) is 31.1 Å². The number of carbonyl (C=O) groups excluding carboxylic acids is 1. The highest BCUT2D eigenvalue weighted by molar-refractivity contribution is 7.13. The molecule has 0 saturated carbocycles. The highest BCUT2D eigenvalue weighted by Gasteiger charge is 2.36. The van der Waals surface area contributed by atoms with Gasteiger partial charge in [-0.25, -0.2) is 4.98 Å². The summed E-state index contributed by atoms with van der Waals surface area (Å²) in [5.74, 6) is -2.25. The minimum absolute atomic E-state index is 0.00735. The summed E-state index contributed by atoms with van der Waals surface area (Å²) in [7, 11) is 0. The largest absolute Gasteiger partial charge is 0.433 e. The van der Waals surface area contributed by atoms with Crippen molar-refractivity contribution in [3.8, 4) is 10.6 Å². The Kier molecular flexibility index (Phi) is 4.92. The number of hydrogen-bond donors (Lipinski definition) is 1. The number of fused-ring (bicyclic) bond motifs is 1. The van der Waals surface area contributed by atoms with Crippen molar-refractivity contribution in [1.82, 2.24) is 19.6 Å². The fraction of sp³-hybridized carbons (Fsp3) is 0.111. The Labute approximate surface area is 173 Å². The Morgan fingerprint density at radius 1 is 0.968 bits per heavy atom. The van der Waals surface area contributed by atoms with Crippen LogP contribution in [0.15, 0.2) is 47.8 Å². The SMILES string of the molecule is O=C(Nc1cccc(C(F)(F)F)c1)c1nc2nc(-c3cccs3)cc(C(F)(F)F)n2n1. The van der Waals surface area contributed by atoms with Crippen molar-refractivity contribution in [2.75, 3.05) is 5.32 Å². The number of alkyl halides is 6. The minimum Gasteiger partial charge on any atom is -0.319 e. The molecule has 1 aromatic carbocycles. The summed E-state index contributed by atoms with van der Waals surface area (Å²) in [6.07, 6.45) is -9.46. The quantitative estimate of drug-likeness (QED) is 0.433. The number of rotatable bonds is 3. The van der Waals surface area contributed by atoms with Gasteiger partial charge >= 0.3 is 12.4 Å². The highest BCUT2D eigenvalue weighted by atomic mass is 32.1. The van der Waals surface area contributed by atoms with Crippen LogP contribution in [-0.4, -0.2) is 25.5 Å². The summed E-state index contributed by atoms with van der Waals surface area (Å²) in [4.78, 5) is 20.6. The maximum atomic E-state index is 13.5. The molecule has 1 amide bonds. The van der Waals surface area contributed by atoms with Crippen LogP contribution in [0.5, 0.6) is 0 Å². The lowest BCUT2D eigenvalue weighted by atomic mass is 10.2. The Hall–Kier alpha value is -3.48. The molecule has 160 valence electrons. The minimum atomic E-state index is -4.82. The fourth-order valence-electron chi connectivity index (χ4n) is 2.68. The zero-order valence-electron chi connectivity index (χ0n) is 15.0. The first-order valence-electron chi connectivity index (χ1n) is 8.40. The summed E-state index contributed by atoms with van der Waals surface area (Å²) >= 11 is 1.16. The van der Waals surface area contributed by atoms with Crippen LogP contribution in [0.4, 0.5) is 32.0 Å². The maximum absolute atomic E-state index is 13.5. The molecule has 0 fully saturated rings. The number of carbonyl (C=O) groups is 1. The van der Waals surface area contributed by atoms with Gasteiger partial charge in [0.05, 0.1) is 16.1 Å². The van der Waals surface area contributed by atoms with Crippen molar-refractivity contribution in [3.05, 3.63) is 64.9 Å². The highest BCUT2D eigenvalue weighted by Crippen LogP contribution is 2.33. The van der Waals surface area contributed by atoms with Gasteiger partial charge in [0.15, 0.2) is 5.69 Å². The topological polar surface area (TPSA) is 72.2 Å². The van der Waals surface area contributed by atoms with E-state index in [0.29, 0.717) is 15.5 Å². The zero-order valence-corrected chi connectivity index (χ0v) is 15.8. The van der Waals surface area contributed by atoms with Crippen LogP contribution in [0.2, 0.25) is 0 Å². The van der Waals surface area contributed by atoms with Crippen molar-refractivity contribution < 1.29 is 31.1 Å². The molecule has 0 radical (unpaired) electrons. The number of benzene rings is 1. The van der Waals surface area contributed by atoms with Gasteiger partial charge < -0.3 is 5.32 Å². The van der Waals surface area contributed by atoms with Crippen molar-refractivity contribution >= 4 is 28.7 Å². The number of anilines is 1. The summed E-state index contributed by atoms with van der Waals surface area (Å²) in [6, 6.07) is 7.75. The van der Waals surface area contributed by atoms with Crippen LogP contribution >= 0.6 is 11.3 Å². The van der Waals surface area contributed by atoms with Crippen molar-refractivity contribution in [3.63, 3.8) is 0 Å². The van der Waals surface area contributed by atoms with Gasteiger partial charge in [0, 0.05) is 5.69 Å². The summed E-state index contributed by atoms with van der Waals surface area (Å²) in [5.41, 5.74) is -2.43. The Balaban J connectivity index is 1.73. The number of nitrogens with zero attached hydrogens (tertiary/aromatic N) is 4. The molecular formula is C18H9F6N5OS. The van der Waals surface area contributed by atoms with Crippen LogP contribution < -0.4 is 5.32 Å². The van der Waals surface area contributed by atoms with Crippen LogP contribution in [0.25, 0.3) is 16.3 Å². The van der Waals surface area contributed by atoms with E-state index in [1.54, 1.807) is 17.5 Å². The number of nitrogens with one attached hydrogen (secondary N) is 1. The van der Waals surface area contributed by atoms with Gasteiger partial charge in [0.2, 0.25) is 5.82 Å². The fourth-order valence-corrected chi connectivity index (χ4v) is 3.36. The molecule has 0 aliphatic carbocycles. The molecule has 6 nitrogen and oxygen atoms in total. The van der Waals surface area contributed by atoms with Crippen molar-refractivity contribution in [1.29, 1.82) is 0 Å². The van der Waals surface area contributed by atoms with Gasteiger partial charge in [-0.05, 0) is 35.7 Å². The molecule has 0 saturated heterocycles. The van der Waals surface area contributed by atoms with Gasteiger partial charge in [-0.3, -0.25) is 4.79 Å². The smallest absolute Gasteiger partial charge is 0.319 e. The van der Waals surface area contributed by atoms with Crippen LogP contribution in [-0.2, 0) is 12.4 Å². The zero-order chi connectivity index (χ0) is 22.4. The lowest BCUT2D eigenvalue weighted by Gasteiger charge is -2.09. The predicted molar refractivity (Wildman–Crippen MR) is 98.5 cm³/mol. The molecule has 31 heavy (non-hydrogen) atoms. The van der Waals surface area contributed by atoms with Gasteiger partial charge in [-0.2, -0.15) is 35.8 Å². The molecule has 0 spiro atoms. The monoisotopic (exact) mass is 457 g/mol. The predicted octanol–water partition coefficient (Wildman–Crippen LogP) is 5.14. The standard InChI is InChI=1S/C18H9F6N5OS/c19-17(20,21)9-3-1-4-10(7-9)25-15(30)14-27-16-26-11(12-5-2-6-31-12)8-13(18(22,23)24)29(16)28-14/h1-8H,(H,25,30). The number of hydrogen-bond acceptors (Lipinski definition) is 5. The molecule has 0 unspecified atom stereocenters. The van der Waals surface area contributed by atoms with E-state index >= 15 is 0 Å². The molecule has 0 aliphatic heterocycles. The van der Waals surface area contributed by atoms with Crippen LogP contribution in [0.1, 0.15) is 21.9 Å². The molecule has 3 heterocycles. The number of thiophene rings is 1. The van der Waals surface area contributed by atoms with Gasteiger partial charge in [0.1, 0.15) is 0 Å². The lowest BCUT2D eigenvalue weighted by Crippen LogP contribution is -2.16. The van der Waals surface area contributed by atoms with Gasteiger partial charge in [-0.15, -0.1) is 16.4 Å². The first kappa shape index (κ1) is 20.8. The molecule has 0 aliphatic rings. The first-order valence-corrected chi connectivity index (χ1v) is 9.28. The van der Waals surface area contributed by atoms with Crippen molar-refractivity contribution in [2.45, 2.75) is 12.4 Å². The van der Waals surface area contributed by atoms with Gasteiger partial charge in [0.25, 0.3) is 11.7 Å². The van der Waals surface area contributed by atoms with E-state index in [1.165, 1.54) is 6.07 Å². The summed E-state index contributed by atoms with van der Waals surface area (Å²) < 4.78 is 79.4. The molecule has 4 rings (SSSR count). The molecule has 0 atom stereocenters. The second-order valence-electron chi connectivity index (χ2n) is 6.18. The van der Waals surface area contributed by atoms with Gasteiger partial charge in [-0.1, -0.05) is 12.1 Å². The van der Waals surface area contributed by atoms with E-state index in [2.05, 4.69) is 20.4 Å². The third-order valence-electron chi connectivity index (χ3n) is 4.03. The van der Waals surface area contributed by atoms with Crippen molar-refractivity contribution in [2.24, 2.45) is 0 Å². The third kappa shape index (κ3) is 4.21. The number of aromatic nitrogens is 4.